The molecule has 2 aliphatic heterocycles. The summed E-state index contributed by atoms with van der Waals surface area (Å²) in [5, 5.41) is 2.96. The van der Waals surface area contributed by atoms with Crippen molar-refractivity contribution in [1.29, 1.82) is 0 Å². The van der Waals surface area contributed by atoms with Crippen LogP contribution >= 0.6 is 0 Å². The number of piperazine rings is 1. The van der Waals surface area contributed by atoms with Crippen molar-refractivity contribution in [3.8, 4) is 0 Å². The Morgan fingerprint density at radius 1 is 0.903 bits per heavy atom. The quantitative estimate of drug-likeness (QED) is 0.819. The van der Waals surface area contributed by atoms with E-state index in [0.717, 1.165) is 57.7 Å². The lowest BCUT2D eigenvalue weighted by Crippen LogP contribution is -2.44. The Kier molecular flexibility index (Phi) is 6.56. The molecule has 0 bridgehead atoms. The van der Waals surface area contributed by atoms with Crippen LogP contribution in [-0.4, -0.2) is 67.4 Å². The lowest BCUT2D eigenvalue weighted by molar-refractivity contribution is 0.0636. The number of anilines is 2. The number of hydrogen-bond donors (Lipinski definition) is 1. The highest BCUT2D eigenvalue weighted by atomic mass is 16.2. The number of carbonyl (C=O) groups is 2. The molecule has 0 spiro atoms. The normalized spacial score (nSPS) is 19.9. The first-order chi connectivity index (χ1) is 15.0. The van der Waals surface area contributed by atoms with Crippen LogP contribution < -0.4 is 10.2 Å². The van der Waals surface area contributed by atoms with E-state index in [-0.39, 0.29) is 17.9 Å². The summed E-state index contributed by atoms with van der Waals surface area (Å²) in [6.07, 6.45) is 3.22. The van der Waals surface area contributed by atoms with Gasteiger partial charge in [0.1, 0.15) is 0 Å². The van der Waals surface area contributed by atoms with Crippen LogP contribution in [0.25, 0.3) is 0 Å². The molecule has 2 saturated heterocycles. The summed E-state index contributed by atoms with van der Waals surface area (Å²) in [7, 11) is 2.14. The van der Waals surface area contributed by atoms with Crippen molar-refractivity contribution in [3.63, 3.8) is 0 Å². The van der Waals surface area contributed by atoms with Gasteiger partial charge in [-0.15, -0.1) is 0 Å². The SMILES string of the molecule is CC1CCCCN1C(=O)c1ccccc1NC(=O)c1ccc(N2CCN(C)CC2)cc1. The fraction of sp³-hybridized carbons (Fsp3) is 0.440. The molecule has 0 saturated carbocycles. The number of hydrogen-bond acceptors (Lipinski definition) is 4. The summed E-state index contributed by atoms with van der Waals surface area (Å²) >= 11 is 0. The molecule has 2 aromatic rings. The first-order valence-corrected chi connectivity index (χ1v) is 11.3. The molecule has 0 radical (unpaired) electrons. The number of benzene rings is 2. The maximum Gasteiger partial charge on any atom is 0.256 e. The summed E-state index contributed by atoms with van der Waals surface area (Å²) in [6.45, 7) is 6.94. The Morgan fingerprint density at radius 3 is 2.32 bits per heavy atom. The molecule has 2 aromatic carbocycles. The van der Waals surface area contributed by atoms with Crippen LogP contribution in [-0.2, 0) is 0 Å². The van der Waals surface area contributed by atoms with E-state index in [1.807, 2.05) is 41.3 Å². The minimum absolute atomic E-state index is 0.00601. The van der Waals surface area contributed by atoms with Crippen LogP contribution in [0.1, 0.15) is 46.9 Å². The van der Waals surface area contributed by atoms with Gasteiger partial charge in [-0.3, -0.25) is 9.59 Å². The van der Waals surface area contributed by atoms with Crippen LogP contribution in [0, 0.1) is 0 Å². The van der Waals surface area contributed by atoms with E-state index in [0.29, 0.717) is 16.8 Å². The predicted octanol–water partition coefficient (Wildman–Crippen LogP) is 3.71. The van der Waals surface area contributed by atoms with Gasteiger partial charge in [0.05, 0.1) is 11.3 Å². The average molecular weight is 421 g/mol. The van der Waals surface area contributed by atoms with Crippen LogP contribution in [0.4, 0.5) is 11.4 Å². The highest BCUT2D eigenvalue weighted by Gasteiger charge is 2.26. The van der Waals surface area contributed by atoms with Crippen LogP contribution in [0.3, 0.4) is 0 Å². The monoisotopic (exact) mass is 420 g/mol. The zero-order chi connectivity index (χ0) is 21.8. The van der Waals surface area contributed by atoms with Gasteiger partial charge in [-0.1, -0.05) is 12.1 Å². The molecule has 2 heterocycles. The number of piperidine rings is 1. The van der Waals surface area contributed by atoms with Gasteiger partial charge in [0.25, 0.3) is 11.8 Å². The summed E-state index contributed by atoms with van der Waals surface area (Å²) in [6, 6.07) is 15.3. The molecule has 1 atom stereocenters. The van der Waals surface area contributed by atoms with Gasteiger partial charge in [-0.2, -0.15) is 0 Å². The number of likely N-dealkylation sites (tertiary alicyclic amines) is 1. The number of carbonyl (C=O) groups excluding carboxylic acids is 2. The molecule has 0 aromatic heterocycles. The molecule has 2 aliphatic rings. The Bertz CT molecular complexity index is 919. The molecule has 6 heteroatoms. The molecular weight excluding hydrogens is 388 g/mol. The number of nitrogens with zero attached hydrogens (tertiary/aromatic N) is 3. The second-order valence-electron chi connectivity index (χ2n) is 8.68. The Hall–Kier alpha value is -2.86. The van der Waals surface area contributed by atoms with Crippen LogP contribution in [0.5, 0.6) is 0 Å². The molecule has 4 rings (SSSR count). The molecule has 31 heavy (non-hydrogen) atoms. The van der Waals surface area contributed by atoms with Gasteiger partial charge in [0, 0.05) is 50.0 Å². The third kappa shape index (κ3) is 4.90. The standard InChI is InChI=1S/C25H32N4O2/c1-19-7-5-6-14-29(19)25(31)22-8-3-4-9-23(22)26-24(30)20-10-12-21(13-11-20)28-17-15-27(2)16-18-28/h3-4,8-13,19H,5-7,14-18H2,1-2H3,(H,26,30). The van der Waals surface area contributed by atoms with Gasteiger partial charge < -0.3 is 20.0 Å². The number of likely N-dealkylation sites (N-methyl/N-ethyl adjacent to an activating group) is 1. The number of amides is 2. The third-order valence-electron chi connectivity index (χ3n) is 6.47. The Balaban J connectivity index is 1.46. The topological polar surface area (TPSA) is 55.9 Å². The number of nitrogens with one attached hydrogen (secondary N) is 1. The minimum atomic E-state index is -0.197. The van der Waals surface area contributed by atoms with E-state index in [4.69, 9.17) is 0 Å². The van der Waals surface area contributed by atoms with E-state index >= 15 is 0 Å². The van der Waals surface area contributed by atoms with E-state index in [1.54, 1.807) is 12.1 Å². The van der Waals surface area contributed by atoms with Crippen molar-refractivity contribution in [2.45, 2.75) is 32.2 Å². The predicted molar refractivity (Wildman–Crippen MR) is 125 cm³/mol. The van der Waals surface area contributed by atoms with Gasteiger partial charge in [-0.25, -0.2) is 0 Å². The number of rotatable bonds is 4. The van der Waals surface area contributed by atoms with Crippen molar-refractivity contribution in [2.75, 3.05) is 50.0 Å². The second kappa shape index (κ2) is 9.52. The maximum absolute atomic E-state index is 13.2. The van der Waals surface area contributed by atoms with Crippen molar-refractivity contribution >= 4 is 23.2 Å². The molecule has 2 amide bonds. The van der Waals surface area contributed by atoms with Crippen LogP contribution in [0.15, 0.2) is 48.5 Å². The second-order valence-corrected chi connectivity index (χ2v) is 8.68. The van der Waals surface area contributed by atoms with E-state index in [1.165, 1.54) is 0 Å². The fourth-order valence-electron chi connectivity index (χ4n) is 4.42. The average Bonchev–Trinajstić information content (AvgIpc) is 2.80. The first-order valence-electron chi connectivity index (χ1n) is 11.3. The minimum Gasteiger partial charge on any atom is -0.369 e. The summed E-state index contributed by atoms with van der Waals surface area (Å²) in [5.74, 6) is -0.203. The molecule has 2 fully saturated rings. The smallest absolute Gasteiger partial charge is 0.256 e. The summed E-state index contributed by atoms with van der Waals surface area (Å²) in [5.41, 5.74) is 2.85. The van der Waals surface area contributed by atoms with E-state index < -0.39 is 0 Å². The molecule has 0 aliphatic carbocycles. The molecule has 1 N–H and O–H groups in total. The van der Waals surface area contributed by atoms with Crippen molar-refractivity contribution < 1.29 is 9.59 Å². The zero-order valence-electron chi connectivity index (χ0n) is 18.5. The highest BCUT2D eigenvalue weighted by Crippen LogP contribution is 2.24. The number of para-hydroxylation sites is 1. The lowest BCUT2D eigenvalue weighted by atomic mass is 10.0. The van der Waals surface area contributed by atoms with Crippen molar-refractivity contribution in [3.05, 3.63) is 59.7 Å². The van der Waals surface area contributed by atoms with Gasteiger partial charge >= 0.3 is 0 Å². The van der Waals surface area contributed by atoms with Crippen molar-refractivity contribution in [1.82, 2.24) is 9.80 Å². The molecule has 164 valence electrons. The summed E-state index contributed by atoms with van der Waals surface area (Å²) < 4.78 is 0. The summed E-state index contributed by atoms with van der Waals surface area (Å²) in [4.78, 5) is 32.7. The third-order valence-corrected chi connectivity index (χ3v) is 6.47. The Labute approximate surface area is 184 Å². The van der Waals surface area contributed by atoms with E-state index in [2.05, 4.69) is 29.1 Å². The molecule has 6 nitrogen and oxygen atoms in total. The maximum atomic E-state index is 13.2. The zero-order valence-corrected chi connectivity index (χ0v) is 18.5. The van der Waals surface area contributed by atoms with Gasteiger partial charge in [0.15, 0.2) is 0 Å². The van der Waals surface area contributed by atoms with Gasteiger partial charge in [0.2, 0.25) is 0 Å². The Morgan fingerprint density at radius 2 is 1.61 bits per heavy atom. The largest absolute Gasteiger partial charge is 0.369 e. The van der Waals surface area contributed by atoms with Gasteiger partial charge in [-0.05, 0) is 69.6 Å². The molecular formula is C25H32N4O2. The van der Waals surface area contributed by atoms with Crippen LogP contribution in [0.2, 0.25) is 0 Å². The van der Waals surface area contributed by atoms with Crippen molar-refractivity contribution in [2.24, 2.45) is 0 Å². The lowest BCUT2D eigenvalue weighted by Gasteiger charge is -2.34. The fourth-order valence-corrected chi connectivity index (χ4v) is 4.42. The highest BCUT2D eigenvalue weighted by molar-refractivity contribution is 6.09. The van der Waals surface area contributed by atoms with E-state index in [9.17, 15) is 9.59 Å². The first kappa shape index (κ1) is 21.4. The molecule has 1 unspecified atom stereocenters.